The van der Waals surface area contributed by atoms with E-state index in [1.165, 1.54) is 6.92 Å². The number of para-hydroxylation sites is 1. The lowest BCUT2D eigenvalue weighted by Crippen LogP contribution is -2.40. The predicted molar refractivity (Wildman–Crippen MR) is 101 cm³/mol. The van der Waals surface area contributed by atoms with Gasteiger partial charge >= 0.3 is 0 Å². The molecule has 1 amide bonds. The van der Waals surface area contributed by atoms with Crippen LogP contribution >= 0.6 is 11.3 Å². The van der Waals surface area contributed by atoms with Crippen molar-refractivity contribution in [2.24, 2.45) is 0 Å². The van der Waals surface area contributed by atoms with E-state index in [4.69, 9.17) is 9.40 Å². The fraction of sp³-hybridized carbons (Fsp3) is 0.263. The molecular formula is C19H19N3O2S. The minimum atomic E-state index is -0.396. The van der Waals surface area contributed by atoms with Crippen molar-refractivity contribution in [1.29, 1.82) is 0 Å². The van der Waals surface area contributed by atoms with Crippen molar-refractivity contribution < 1.29 is 9.21 Å². The lowest BCUT2D eigenvalue weighted by atomic mass is 9.89. The largest absolute Gasteiger partial charge is 0.442 e. The Labute approximate surface area is 149 Å². The number of allylic oxidation sites excluding steroid dienone is 1. The van der Waals surface area contributed by atoms with Crippen LogP contribution in [-0.2, 0) is 16.8 Å². The van der Waals surface area contributed by atoms with Gasteiger partial charge in [0, 0.05) is 24.6 Å². The highest BCUT2D eigenvalue weighted by Gasteiger charge is 2.37. The highest BCUT2D eigenvalue weighted by Crippen LogP contribution is 2.46. The number of furan rings is 1. The molecule has 0 spiro atoms. The molecule has 128 valence electrons. The molecule has 1 aromatic carbocycles. The molecule has 1 aliphatic rings. The monoisotopic (exact) mass is 353 g/mol. The van der Waals surface area contributed by atoms with Gasteiger partial charge < -0.3 is 9.73 Å². The Morgan fingerprint density at radius 3 is 2.88 bits per heavy atom. The van der Waals surface area contributed by atoms with Crippen molar-refractivity contribution in [1.82, 2.24) is 10.3 Å². The molecule has 0 fully saturated rings. The number of rotatable bonds is 2. The van der Waals surface area contributed by atoms with E-state index in [0.29, 0.717) is 12.3 Å². The van der Waals surface area contributed by atoms with Gasteiger partial charge in [-0.15, -0.1) is 11.3 Å². The maximum absolute atomic E-state index is 11.7. The summed E-state index contributed by atoms with van der Waals surface area (Å²) < 4.78 is 7.20. The van der Waals surface area contributed by atoms with Crippen LogP contribution in [0.25, 0.3) is 20.8 Å². The first-order valence-electron chi connectivity index (χ1n) is 8.11. The summed E-state index contributed by atoms with van der Waals surface area (Å²) in [4.78, 5) is 16.4. The number of anilines is 1. The summed E-state index contributed by atoms with van der Waals surface area (Å²) >= 11 is 1.60. The van der Waals surface area contributed by atoms with Gasteiger partial charge in [0.25, 0.3) is 0 Å². The molecule has 2 aromatic heterocycles. The van der Waals surface area contributed by atoms with Crippen LogP contribution < -0.4 is 10.6 Å². The van der Waals surface area contributed by atoms with Gasteiger partial charge in [-0.25, -0.2) is 4.98 Å². The van der Waals surface area contributed by atoms with Gasteiger partial charge in [0.15, 0.2) is 0 Å². The summed E-state index contributed by atoms with van der Waals surface area (Å²) in [6.45, 7) is 9.66. The van der Waals surface area contributed by atoms with Crippen molar-refractivity contribution in [3.63, 3.8) is 0 Å². The highest BCUT2D eigenvalue weighted by atomic mass is 32.1. The Morgan fingerprint density at radius 2 is 2.16 bits per heavy atom. The molecule has 0 bridgehead atoms. The van der Waals surface area contributed by atoms with Crippen LogP contribution in [0, 0.1) is 0 Å². The maximum Gasteiger partial charge on any atom is 0.223 e. The molecule has 3 aromatic rings. The van der Waals surface area contributed by atoms with Gasteiger partial charge in [0.2, 0.25) is 11.8 Å². The molecule has 0 saturated carbocycles. The van der Waals surface area contributed by atoms with Crippen molar-refractivity contribution >= 4 is 33.3 Å². The number of benzene rings is 1. The number of amides is 1. The molecule has 2 N–H and O–H groups in total. The first-order valence-corrected chi connectivity index (χ1v) is 8.92. The summed E-state index contributed by atoms with van der Waals surface area (Å²) in [5.74, 6) is 1.11. The Hall–Kier alpha value is -2.60. The molecule has 0 unspecified atom stereocenters. The second-order valence-corrected chi connectivity index (χ2v) is 7.84. The molecule has 4 rings (SSSR count). The number of nitrogens with one attached hydrogen (secondary N) is 2. The van der Waals surface area contributed by atoms with Gasteiger partial charge in [-0.1, -0.05) is 18.7 Å². The smallest absolute Gasteiger partial charge is 0.223 e. The number of nitrogens with zero attached hydrogens (tertiary/aromatic N) is 1. The van der Waals surface area contributed by atoms with Crippen molar-refractivity contribution in [3.8, 4) is 10.6 Å². The zero-order chi connectivity index (χ0) is 17.8. The Morgan fingerprint density at radius 1 is 1.40 bits per heavy atom. The number of aromatic nitrogens is 1. The minimum Gasteiger partial charge on any atom is -0.442 e. The van der Waals surface area contributed by atoms with Gasteiger partial charge in [0.05, 0.1) is 21.3 Å². The minimum absolute atomic E-state index is 0.168. The maximum atomic E-state index is 11.7. The average molecular weight is 353 g/mol. The van der Waals surface area contributed by atoms with E-state index < -0.39 is 5.54 Å². The second kappa shape index (κ2) is 5.46. The van der Waals surface area contributed by atoms with Gasteiger partial charge in [-0.2, -0.15) is 0 Å². The fourth-order valence-electron chi connectivity index (χ4n) is 3.35. The molecular weight excluding hydrogens is 334 g/mol. The van der Waals surface area contributed by atoms with Gasteiger partial charge in [0.1, 0.15) is 10.8 Å². The zero-order valence-corrected chi connectivity index (χ0v) is 15.2. The second-order valence-electron chi connectivity index (χ2n) is 6.81. The van der Waals surface area contributed by atoms with Crippen molar-refractivity contribution in [2.45, 2.75) is 32.7 Å². The van der Waals surface area contributed by atoms with Crippen LogP contribution in [0.15, 0.2) is 41.0 Å². The average Bonchev–Trinajstić information content (AvgIpc) is 3.06. The molecule has 0 radical (unpaired) electrons. The van der Waals surface area contributed by atoms with E-state index in [1.54, 1.807) is 11.3 Å². The Kier molecular flexibility index (Phi) is 3.47. The first-order chi connectivity index (χ1) is 11.8. The number of thiazole rings is 1. The van der Waals surface area contributed by atoms with Crippen molar-refractivity contribution in [3.05, 3.63) is 47.9 Å². The van der Waals surface area contributed by atoms with Crippen LogP contribution in [0.4, 0.5) is 5.88 Å². The van der Waals surface area contributed by atoms with Crippen LogP contribution in [0.2, 0.25) is 0 Å². The number of carbonyl (C=O) groups is 1. The SMILES string of the molecule is C=C1Cc2c(oc(NC(C)=O)c2-c2nc3ccccc3s2)C(C)(C)N1. The molecule has 0 saturated heterocycles. The van der Waals surface area contributed by atoms with Crippen molar-refractivity contribution in [2.75, 3.05) is 5.32 Å². The zero-order valence-electron chi connectivity index (χ0n) is 14.4. The number of carbonyl (C=O) groups excluding carboxylic acids is 1. The van der Waals surface area contributed by atoms with Crippen LogP contribution in [0.3, 0.4) is 0 Å². The summed E-state index contributed by atoms with van der Waals surface area (Å²) in [6, 6.07) is 8.01. The standard InChI is InChI=1S/C19H19N3O2S/c1-10-9-12-15(18-21-13-7-5-6-8-14(13)25-18)17(20-11(2)23)24-16(12)19(3,4)22-10/h5-8,22H,1,9H2,2-4H3,(H,20,23). The summed E-state index contributed by atoms with van der Waals surface area (Å²) in [6.07, 6.45) is 0.646. The van der Waals surface area contributed by atoms with Crippen LogP contribution in [0.5, 0.6) is 0 Å². The van der Waals surface area contributed by atoms with E-state index in [0.717, 1.165) is 37.8 Å². The van der Waals surface area contributed by atoms with E-state index in [1.807, 2.05) is 38.1 Å². The van der Waals surface area contributed by atoms with E-state index in [-0.39, 0.29) is 5.91 Å². The molecule has 1 aliphatic heterocycles. The number of hydrogen-bond acceptors (Lipinski definition) is 5. The third-order valence-corrected chi connectivity index (χ3v) is 5.31. The fourth-order valence-corrected chi connectivity index (χ4v) is 4.38. The topological polar surface area (TPSA) is 67.2 Å². The van der Waals surface area contributed by atoms with Gasteiger partial charge in [-0.3, -0.25) is 10.1 Å². The Bertz CT molecular complexity index is 980. The first kappa shape index (κ1) is 15.9. The number of hydrogen-bond donors (Lipinski definition) is 2. The molecule has 6 heteroatoms. The normalized spacial score (nSPS) is 15.7. The molecule has 25 heavy (non-hydrogen) atoms. The number of fused-ring (bicyclic) bond motifs is 2. The molecule has 0 atom stereocenters. The Balaban J connectivity index is 1.97. The summed E-state index contributed by atoms with van der Waals surface area (Å²) in [5, 5.41) is 7.04. The highest BCUT2D eigenvalue weighted by molar-refractivity contribution is 7.21. The predicted octanol–water partition coefficient (Wildman–Crippen LogP) is 4.41. The van der Waals surface area contributed by atoms with Crippen LogP contribution in [0.1, 0.15) is 32.1 Å². The van der Waals surface area contributed by atoms with E-state index in [2.05, 4.69) is 17.2 Å². The molecule has 3 heterocycles. The lowest BCUT2D eigenvalue weighted by Gasteiger charge is -2.32. The molecule has 5 nitrogen and oxygen atoms in total. The quantitative estimate of drug-likeness (QED) is 0.716. The van der Waals surface area contributed by atoms with E-state index >= 15 is 0 Å². The van der Waals surface area contributed by atoms with E-state index in [9.17, 15) is 4.79 Å². The summed E-state index contributed by atoms with van der Waals surface area (Å²) in [7, 11) is 0. The van der Waals surface area contributed by atoms with Gasteiger partial charge in [-0.05, 0) is 26.0 Å². The third-order valence-electron chi connectivity index (χ3n) is 4.25. The summed E-state index contributed by atoms with van der Waals surface area (Å²) in [5.41, 5.74) is 3.37. The third kappa shape index (κ3) is 2.62. The lowest BCUT2D eigenvalue weighted by molar-refractivity contribution is -0.114. The van der Waals surface area contributed by atoms with Crippen LogP contribution in [-0.4, -0.2) is 10.9 Å². The molecule has 0 aliphatic carbocycles.